The van der Waals surface area contributed by atoms with Crippen molar-refractivity contribution in [2.24, 2.45) is 5.73 Å². The highest BCUT2D eigenvalue weighted by Gasteiger charge is 2.12. The summed E-state index contributed by atoms with van der Waals surface area (Å²) in [5, 5.41) is 0. The number of aromatic nitrogens is 1. The molecule has 1 heterocycles. The molecule has 2 N–H and O–H groups in total. The van der Waals surface area contributed by atoms with Gasteiger partial charge in [0.05, 0.1) is 7.11 Å². The van der Waals surface area contributed by atoms with E-state index in [1.54, 1.807) is 13.3 Å². The van der Waals surface area contributed by atoms with Crippen LogP contribution in [0.5, 0.6) is 5.88 Å². The highest BCUT2D eigenvalue weighted by molar-refractivity contribution is 9.10. The van der Waals surface area contributed by atoms with Gasteiger partial charge in [-0.15, -0.1) is 0 Å². The van der Waals surface area contributed by atoms with Crippen molar-refractivity contribution in [3.05, 3.63) is 22.3 Å². The number of halogens is 1. The van der Waals surface area contributed by atoms with Crippen molar-refractivity contribution in [1.29, 1.82) is 0 Å². The molecule has 1 rings (SSSR count). The number of nitrogens with two attached hydrogens (primary N) is 1. The minimum absolute atomic E-state index is 0.375. The second-order valence-corrected chi connectivity index (χ2v) is 4.15. The van der Waals surface area contributed by atoms with E-state index < -0.39 is 0 Å². The molecule has 0 amide bonds. The first kappa shape index (κ1) is 11.5. The highest BCUT2D eigenvalue weighted by atomic mass is 79.9. The van der Waals surface area contributed by atoms with E-state index in [1.807, 2.05) is 6.07 Å². The summed E-state index contributed by atoms with van der Waals surface area (Å²) in [6, 6.07) is 2.03. The molecule has 0 radical (unpaired) electrons. The first-order valence-electron chi connectivity index (χ1n) is 4.58. The summed E-state index contributed by atoms with van der Waals surface area (Å²) in [4.78, 5) is 4.19. The Morgan fingerprint density at radius 1 is 1.64 bits per heavy atom. The van der Waals surface area contributed by atoms with E-state index in [9.17, 15) is 0 Å². The molecular weight excluding hydrogens is 244 g/mol. The van der Waals surface area contributed by atoms with Crippen LogP contribution < -0.4 is 10.5 Å². The molecule has 1 unspecified atom stereocenters. The normalized spacial score (nSPS) is 12.6. The van der Waals surface area contributed by atoms with Gasteiger partial charge in [-0.1, -0.05) is 6.92 Å². The van der Waals surface area contributed by atoms with Gasteiger partial charge in [-0.05, 0) is 40.9 Å². The first-order chi connectivity index (χ1) is 6.69. The minimum Gasteiger partial charge on any atom is -0.481 e. The Kier molecular flexibility index (Phi) is 4.35. The van der Waals surface area contributed by atoms with Crippen molar-refractivity contribution in [1.82, 2.24) is 4.98 Å². The van der Waals surface area contributed by atoms with Crippen LogP contribution in [0.15, 0.2) is 16.7 Å². The third-order valence-electron chi connectivity index (χ3n) is 2.17. The molecule has 0 saturated carbocycles. The molecule has 0 aromatic carbocycles. The van der Waals surface area contributed by atoms with E-state index >= 15 is 0 Å². The Bertz CT molecular complexity index is 304. The van der Waals surface area contributed by atoms with Crippen LogP contribution in [0, 0.1) is 0 Å². The molecule has 0 aliphatic rings. The van der Waals surface area contributed by atoms with E-state index in [0.717, 1.165) is 16.5 Å². The summed E-state index contributed by atoms with van der Waals surface area (Å²) in [5.41, 5.74) is 6.63. The average Bonchev–Trinajstić information content (AvgIpc) is 2.18. The molecule has 14 heavy (non-hydrogen) atoms. The maximum absolute atomic E-state index is 5.52. The van der Waals surface area contributed by atoms with Gasteiger partial charge < -0.3 is 10.5 Å². The topological polar surface area (TPSA) is 48.1 Å². The number of rotatable bonds is 4. The minimum atomic E-state index is 0.375. The summed E-state index contributed by atoms with van der Waals surface area (Å²) < 4.78 is 6.16. The Labute approximate surface area is 92.8 Å². The van der Waals surface area contributed by atoms with Crippen LogP contribution in [0.4, 0.5) is 0 Å². The Morgan fingerprint density at radius 3 is 2.93 bits per heavy atom. The lowest BCUT2D eigenvalue weighted by atomic mass is 9.99. The molecule has 0 saturated heterocycles. The zero-order chi connectivity index (χ0) is 10.6. The monoisotopic (exact) mass is 258 g/mol. The second-order valence-electron chi connectivity index (χ2n) is 3.23. The van der Waals surface area contributed by atoms with Crippen LogP contribution in [0.25, 0.3) is 0 Å². The fourth-order valence-electron chi connectivity index (χ4n) is 1.37. The smallest absolute Gasteiger partial charge is 0.216 e. The van der Waals surface area contributed by atoms with E-state index in [-0.39, 0.29) is 0 Å². The third kappa shape index (κ3) is 2.69. The van der Waals surface area contributed by atoms with Crippen LogP contribution in [0.3, 0.4) is 0 Å². The van der Waals surface area contributed by atoms with Crippen molar-refractivity contribution in [3.8, 4) is 5.88 Å². The van der Waals surface area contributed by atoms with Gasteiger partial charge in [-0.3, -0.25) is 0 Å². The van der Waals surface area contributed by atoms with Crippen molar-refractivity contribution < 1.29 is 4.74 Å². The number of hydrogen-bond acceptors (Lipinski definition) is 3. The molecule has 0 aliphatic carbocycles. The number of nitrogens with zero attached hydrogens (tertiary/aromatic N) is 1. The van der Waals surface area contributed by atoms with Crippen LogP contribution in [-0.4, -0.2) is 18.6 Å². The SMILES string of the molecule is COc1ncc(Br)cc1C(C)CCN. The van der Waals surface area contributed by atoms with E-state index in [1.165, 1.54) is 0 Å². The summed E-state index contributed by atoms with van der Waals surface area (Å²) >= 11 is 3.40. The number of hydrogen-bond donors (Lipinski definition) is 1. The number of ether oxygens (including phenoxy) is 1. The zero-order valence-electron chi connectivity index (χ0n) is 8.46. The Balaban J connectivity index is 2.97. The predicted octanol–water partition coefficient (Wildman–Crippen LogP) is 2.30. The summed E-state index contributed by atoms with van der Waals surface area (Å²) in [6.07, 6.45) is 2.67. The quantitative estimate of drug-likeness (QED) is 0.902. The summed E-state index contributed by atoms with van der Waals surface area (Å²) in [7, 11) is 1.63. The van der Waals surface area contributed by atoms with Crippen molar-refractivity contribution >= 4 is 15.9 Å². The molecule has 3 nitrogen and oxygen atoms in total. The van der Waals surface area contributed by atoms with E-state index in [0.29, 0.717) is 18.3 Å². The fourth-order valence-corrected chi connectivity index (χ4v) is 1.72. The maximum atomic E-state index is 5.52. The lowest BCUT2D eigenvalue weighted by Crippen LogP contribution is -2.06. The molecule has 0 aliphatic heterocycles. The predicted molar refractivity (Wildman–Crippen MR) is 60.6 cm³/mol. The molecule has 0 fully saturated rings. The van der Waals surface area contributed by atoms with Gasteiger partial charge in [0.25, 0.3) is 0 Å². The maximum Gasteiger partial charge on any atom is 0.216 e. The molecule has 0 bridgehead atoms. The molecule has 1 atom stereocenters. The largest absolute Gasteiger partial charge is 0.481 e. The van der Waals surface area contributed by atoms with E-state index in [2.05, 4.69) is 27.8 Å². The average molecular weight is 259 g/mol. The molecule has 1 aromatic heterocycles. The fraction of sp³-hybridized carbons (Fsp3) is 0.500. The molecule has 78 valence electrons. The first-order valence-corrected chi connectivity index (χ1v) is 5.37. The molecule has 1 aromatic rings. The Morgan fingerprint density at radius 2 is 2.36 bits per heavy atom. The number of methoxy groups -OCH3 is 1. The van der Waals surface area contributed by atoms with Gasteiger partial charge in [0, 0.05) is 16.2 Å². The Hall–Kier alpha value is -0.610. The van der Waals surface area contributed by atoms with Crippen LogP contribution in [0.1, 0.15) is 24.8 Å². The molecular formula is C10H15BrN2O. The second kappa shape index (κ2) is 5.32. The summed E-state index contributed by atoms with van der Waals surface area (Å²) in [6.45, 7) is 2.80. The summed E-state index contributed by atoms with van der Waals surface area (Å²) in [5.74, 6) is 1.06. The van der Waals surface area contributed by atoms with Gasteiger partial charge in [0.2, 0.25) is 5.88 Å². The molecule has 4 heteroatoms. The van der Waals surface area contributed by atoms with Crippen LogP contribution in [0.2, 0.25) is 0 Å². The van der Waals surface area contributed by atoms with E-state index in [4.69, 9.17) is 10.5 Å². The van der Waals surface area contributed by atoms with Crippen LogP contribution in [-0.2, 0) is 0 Å². The lowest BCUT2D eigenvalue weighted by molar-refractivity contribution is 0.388. The molecule has 0 spiro atoms. The number of pyridine rings is 1. The standard InChI is InChI=1S/C10H15BrN2O/c1-7(3-4-12)9-5-8(11)6-13-10(9)14-2/h5-7H,3-4,12H2,1-2H3. The van der Waals surface area contributed by atoms with Gasteiger partial charge >= 0.3 is 0 Å². The third-order valence-corrected chi connectivity index (χ3v) is 2.60. The van der Waals surface area contributed by atoms with Crippen LogP contribution >= 0.6 is 15.9 Å². The lowest BCUT2D eigenvalue weighted by Gasteiger charge is -2.13. The van der Waals surface area contributed by atoms with Crippen molar-refractivity contribution in [2.45, 2.75) is 19.3 Å². The van der Waals surface area contributed by atoms with Gasteiger partial charge in [-0.2, -0.15) is 0 Å². The van der Waals surface area contributed by atoms with Gasteiger partial charge in [0.1, 0.15) is 0 Å². The van der Waals surface area contributed by atoms with Crippen molar-refractivity contribution in [3.63, 3.8) is 0 Å². The zero-order valence-corrected chi connectivity index (χ0v) is 10.0. The van der Waals surface area contributed by atoms with Gasteiger partial charge in [-0.25, -0.2) is 4.98 Å². The van der Waals surface area contributed by atoms with Gasteiger partial charge in [0.15, 0.2) is 0 Å². The van der Waals surface area contributed by atoms with Crippen molar-refractivity contribution in [2.75, 3.05) is 13.7 Å². The highest BCUT2D eigenvalue weighted by Crippen LogP contribution is 2.28.